The molecule has 80 heavy (non-hydrogen) atoms. The van der Waals surface area contributed by atoms with E-state index < -0.39 is 64.7 Å². The molecule has 2 fully saturated rings. The standard InChI is InChI=1S/C58H62Cl2F2N8O10/c1-57(2,3)28-46-58(4,37-18-17-32(59)25-39(37)61)49(35-13-10-14-38(60)50(35)62)51(66-46)55(75)65-41-19-16-31(24-43(41)77-5)53(73)64-23-9-8-22-63-48(72)30-80-52-44(78-6)26-33(27-45(52)79-7)68-69-40-15-11-12-34-36(40)29-70(56(34)76)42-20-21-47(71)67-54(42)74/h10-19,24-27,42,46,49,51,66H,8-9,20-23,28-30H2,1-7H3,(H,63,72)(H,64,73)(H,65,75)(H,67,71,74)/t42?,46-,49-,51+,58-/m0/s1. The zero-order valence-electron chi connectivity index (χ0n) is 45.2. The highest BCUT2D eigenvalue weighted by Gasteiger charge is 2.58. The lowest BCUT2D eigenvalue weighted by atomic mass is 9.63. The minimum atomic E-state index is -1.19. The normalized spacial score (nSPS) is 19.8. The fourth-order valence-corrected chi connectivity index (χ4v) is 11.0. The summed E-state index contributed by atoms with van der Waals surface area (Å²) in [5.41, 5.74) is 1.09. The number of benzene rings is 5. The van der Waals surface area contributed by atoms with Gasteiger partial charge in [0, 0.05) is 77.3 Å². The molecule has 2 saturated heterocycles. The number of amides is 6. The van der Waals surface area contributed by atoms with E-state index in [1.54, 1.807) is 54.6 Å². The minimum absolute atomic E-state index is 0.115. The number of imide groups is 1. The molecule has 3 heterocycles. The molecule has 0 bridgehead atoms. The molecule has 22 heteroatoms. The summed E-state index contributed by atoms with van der Waals surface area (Å²) >= 11 is 12.5. The van der Waals surface area contributed by atoms with Gasteiger partial charge in [-0.15, -0.1) is 0 Å². The number of methoxy groups -OCH3 is 3. The maximum absolute atomic E-state index is 16.2. The summed E-state index contributed by atoms with van der Waals surface area (Å²) in [6, 6.07) is 19.2. The second-order valence-electron chi connectivity index (χ2n) is 21.1. The SMILES string of the molecule is COc1cc(C(=O)NCCCCNC(=O)COc2c(OC)cc(N=Nc3cccc4c3CN(C3CCC(=O)NC3=O)C4=O)cc2OC)ccc1NC(=O)[C@@H]1N[C@@H](CC(C)(C)C)[C@](C)(c2ccc(Cl)cc2F)[C@H]1c1cccc(Cl)c1F. The van der Waals surface area contributed by atoms with E-state index in [1.165, 1.54) is 56.6 Å². The van der Waals surface area contributed by atoms with Crippen LogP contribution in [-0.4, -0.2) is 99.5 Å². The number of hydrogen-bond acceptors (Lipinski definition) is 13. The highest BCUT2D eigenvalue weighted by Crippen LogP contribution is 2.53. The highest BCUT2D eigenvalue weighted by molar-refractivity contribution is 6.31. The van der Waals surface area contributed by atoms with Crippen molar-refractivity contribution < 1.29 is 56.5 Å². The van der Waals surface area contributed by atoms with Gasteiger partial charge in [-0.25, -0.2) is 8.78 Å². The first-order valence-electron chi connectivity index (χ1n) is 25.9. The molecule has 5 atom stereocenters. The van der Waals surface area contributed by atoms with Crippen molar-refractivity contribution >= 4 is 75.7 Å². The molecule has 5 aromatic rings. The van der Waals surface area contributed by atoms with Gasteiger partial charge in [0.15, 0.2) is 18.1 Å². The van der Waals surface area contributed by atoms with Crippen LogP contribution in [0, 0.1) is 17.0 Å². The van der Waals surface area contributed by atoms with Crippen LogP contribution in [0.2, 0.25) is 10.0 Å². The number of hydrogen-bond donors (Lipinski definition) is 5. The molecule has 0 aliphatic carbocycles. The van der Waals surface area contributed by atoms with Crippen LogP contribution in [0.1, 0.15) is 103 Å². The van der Waals surface area contributed by atoms with Gasteiger partial charge < -0.3 is 45.1 Å². The fraction of sp³-hybridized carbons (Fsp3) is 0.379. The molecule has 6 amide bonds. The number of nitrogens with zero attached hydrogens (tertiary/aromatic N) is 3. The third-order valence-electron chi connectivity index (χ3n) is 14.6. The van der Waals surface area contributed by atoms with Crippen LogP contribution in [0.3, 0.4) is 0 Å². The van der Waals surface area contributed by atoms with Gasteiger partial charge in [0.1, 0.15) is 23.4 Å². The lowest BCUT2D eigenvalue weighted by molar-refractivity contribution is -0.137. The highest BCUT2D eigenvalue weighted by atomic mass is 35.5. The first-order valence-corrected chi connectivity index (χ1v) is 26.7. The van der Waals surface area contributed by atoms with Gasteiger partial charge in [0.25, 0.3) is 17.7 Å². The van der Waals surface area contributed by atoms with Gasteiger partial charge in [0.2, 0.25) is 23.5 Å². The second kappa shape index (κ2) is 24.8. The monoisotopic (exact) mass is 1140 g/mol. The molecule has 0 aromatic heterocycles. The van der Waals surface area contributed by atoms with Crippen LogP contribution in [0.5, 0.6) is 23.0 Å². The van der Waals surface area contributed by atoms with Crippen LogP contribution in [0.4, 0.5) is 25.8 Å². The lowest BCUT2D eigenvalue weighted by Gasteiger charge is -2.40. The van der Waals surface area contributed by atoms with Crippen molar-refractivity contribution in [2.45, 2.75) is 95.8 Å². The van der Waals surface area contributed by atoms with Crippen LogP contribution < -0.4 is 45.5 Å². The van der Waals surface area contributed by atoms with Crippen LogP contribution in [0.15, 0.2) is 95.2 Å². The van der Waals surface area contributed by atoms with Gasteiger partial charge in [-0.05, 0) is 90.8 Å². The number of piperidine rings is 1. The van der Waals surface area contributed by atoms with E-state index in [0.717, 1.165) is 0 Å². The molecule has 0 radical (unpaired) electrons. The van der Waals surface area contributed by atoms with Crippen molar-refractivity contribution in [1.29, 1.82) is 0 Å². The first-order chi connectivity index (χ1) is 38.1. The molecule has 422 valence electrons. The number of halogens is 4. The maximum Gasteiger partial charge on any atom is 0.257 e. The Morgan fingerprint density at radius 1 is 0.850 bits per heavy atom. The quantitative estimate of drug-likeness (QED) is 0.0280. The predicted octanol–water partition coefficient (Wildman–Crippen LogP) is 9.64. The van der Waals surface area contributed by atoms with Gasteiger partial charge in [0.05, 0.1) is 49.5 Å². The van der Waals surface area contributed by atoms with Crippen LogP contribution >= 0.6 is 23.2 Å². The summed E-state index contributed by atoms with van der Waals surface area (Å²) < 4.78 is 54.8. The van der Waals surface area contributed by atoms with E-state index in [1.807, 2.05) is 27.7 Å². The number of azo groups is 1. The molecular formula is C58H62Cl2F2N8O10. The molecule has 0 saturated carbocycles. The number of unbranched alkanes of at least 4 members (excludes halogenated alkanes) is 1. The van der Waals surface area contributed by atoms with Gasteiger partial charge in [-0.3, -0.25) is 34.1 Å². The van der Waals surface area contributed by atoms with Crippen molar-refractivity contribution in [2.24, 2.45) is 15.6 Å². The number of fused-ring (bicyclic) bond motifs is 1. The van der Waals surface area contributed by atoms with Gasteiger partial charge >= 0.3 is 0 Å². The van der Waals surface area contributed by atoms with E-state index in [0.29, 0.717) is 41.8 Å². The Balaban J connectivity index is 0.838. The molecule has 5 N–H and O–H groups in total. The second-order valence-corrected chi connectivity index (χ2v) is 21.9. The molecule has 3 aliphatic rings. The average molecular weight is 1140 g/mol. The largest absolute Gasteiger partial charge is 0.495 e. The average Bonchev–Trinajstić information content (AvgIpc) is 4.11. The molecular weight excluding hydrogens is 1080 g/mol. The smallest absolute Gasteiger partial charge is 0.257 e. The number of ether oxygens (including phenoxy) is 4. The summed E-state index contributed by atoms with van der Waals surface area (Å²) in [6.07, 6.45) is 1.86. The van der Waals surface area contributed by atoms with E-state index in [-0.39, 0.29) is 112 Å². The summed E-state index contributed by atoms with van der Waals surface area (Å²) in [5.74, 6) is -4.14. The summed E-state index contributed by atoms with van der Waals surface area (Å²) in [4.78, 5) is 79.8. The first kappa shape index (κ1) is 58.5. The Hall–Kier alpha value is -7.68. The maximum atomic E-state index is 16.2. The third kappa shape index (κ3) is 12.7. The zero-order valence-corrected chi connectivity index (χ0v) is 46.7. The Kier molecular flexibility index (Phi) is 18.1. The van der Waals surface area contributed by atoms with Crippen LogP contribution in [0.25, 0.3) is 0 Å². The van der Waals surface area contributed by atoms with Crippen molar-refractivity contribution in [2.75, 3.05) is 46.3 Å². The van der Waals surface area contributed by atoms with E-state index >= 15 is 8.78 Å². The molecule has 8 rings (SSSR count). The predicted molar refractivity (Wildman–Crippen MR) is 296 cm³/mol. The van der Waals surface area contributed by atoms with E-state index in [2.05, 4.69) is 36.8 Å². The van der Waals surface area contributed by atoms with Gasteiger partial charge in [-0.2, -0.15) is 10.2 Å². The third-order valence-corrected chi connectivity index (χ3v) is 15.1. The topological polar surface area (TPSA) is 227 Å². The number of rotatable bonds is 20. The van der Waals surface area contributed by atoms with E-state index in [9.17, 15) is 28.8 Å². The Morgan fingerprint density at radius 3 is 2.23 bits per heavy atom. The number of carbonyl (C=O) groups excluding carboxylic acids is 6. The van der Waals surface area contributed by atoms with Crippen LogP contribution in [-0.2, 0) is 31.1 Å². The Morgan fingerprint density at radius 2 is 1.55 bits per heavy atom. The van der Waals surface area contributed by atoms with Crippen molar-refractivity contribution in [3.8, 4) is 23.0 Å². The minimum Gasteiger partial charge on any atom is -0.495 e. The molecule has 1 unspecified atom stereocenters. The summed E-state index contributed by atoms with van der Waals surface area (Å²) in [7, 11) is 4.22. The summed E-state index contributed by atoms with van der Waals surface area (Å²) in [5, 5.41) is 23.2. The molecule has 18 nitrogen and oxygen atoms in total. The number of nitrogens with one attached hydrogen (secondary N) is 5. The molecule has 0 spiro atoms. The molecule has 3 aliphatic heterocycles. The van der Waals surface area contributed by atoms with Gasteiger partial charge in [-0.1, -0.05) is 75.2 Å². The lowest BCUT2D eigenvalue weighted by Crippen LogP contribution is -2.52. The number of carbonyl (C=O) groups is 6. The fourth-order valence-electron chi connectivity index (χ4n) is 10.7. The Bertz CT molecular complexity index is 3240. The van der Waals surface area contributed by atoms with E-state index in [4.69, 9.17) is 42.1 Å². The summed E-state index contributed by atoms with van der Waals surface area (Å²) in [6.45, 7) is 8.20. The Labute approximate surface area is 471 Å². The number of anilines is 1. The van der Waals surface area contributed by atoms with Crippen molar-refractivity contribution in [3.05, 3.63) is 134 Å². The molecule has 5 aromatic carbocycles. The zero-order chi connectivity index (χ0) is 57.6. The van der Waals surface area contributed by atoms with Crippen molar-refractivity contribution in [1.82, 2.24) is 26.2 Å². The van der Waals surface area contributed by atoms with Crippen molar-refractivity contribution in [3.63, 3.8) is 0 Å².